The van der Waals surface area contributed by atoms with Crippen LogP contribution in [-0.4, -0.2) is 35.2 Å². The van der Waals surface area contributed by atoms with E-state index in [1.165, 1.54) is 12.1 Å². The fourth-order valence-electron chi connectivity index (χ4n) is 2.07. The first-order valence-corrected chi connectivity index (χ1v) is 6.84. The van der Waals surface area contributed by atoms with E-state index < -0.39 is 12.9 Å². The predicted octanol–water partition coefficient (Wildman–Crippen LogP) is 1.37. The lowest BCUT2D eigenvalue weighted by atomic mass is 9.77. The molecule has 0 amide bonds. The molecule has 5 heteroatoms. The number of nitrogens with zero attached hydrogens (tertiary/aromatic N) is 1. The van der Waals surface area contributed by atoms with Gasteiger partial charge in [-0.15, -0.1) is 0 Å². The van der Waals surface area contributed by atoms with Crippen LogP contribution >= 0.6 is 0 Å². The van der Waals surface area contributed by atoms with Gasteiger partial charge in [0.2, 0.25) is 0 Å². The quantitative estimate of drug-likeness (QED) is 0.733. The highest BCUT2D eigenvalue weighted by atomic mass is 19.1. The molecule has 1 aromatic rings. The monoisotopic (exact) mass is 267 g/mol. The van der Waals surface area contributed by atoms with Crippen LogP contribution < -0.4 is 5.46 Å². The van der Waals surface area contributed by atoms with Crippen LogP contribution in [-0.2, 0) is 6.54 Å². The van der Waals surface area contributed by atoms with Gasteiger partial charge in [0.15, 0.2) is 0 Å². The van der Waals surface area contributed by atoms with Gasteiger partial charge in [-0.1, -0.05) is 33.3 Å². The minimum absolute atomic E-state index is 0.252. The van der Waals surface area contributed by atoms with Crippen molar-refractivity contribution in [2.45, 2.75) is 33.7 Å². The number of rotatable bonds is 7. The normalized spacial score (nSPS) is 12.8. The summed E-state index contributed by atoms with van der Waals surface area (Å²) in [6.07, 6.45) is 1.11. The zero-order chi connectivity index (χ0) is 14.4. The molecular weight excluding hydrogens is 244 g/mol. The van der Waals surface area contributed by atoms with Crippen molar-refractivity contribution in [3.05, 3.63) is 29.6 Å². The fraction of sp³-hybridized carbons (Fsp3) is 0.571. The minimum Gasteiger partial charge on any atom is -0.423 e. The van der Waals surface area contributed by atoms with Gasteiger partial charge in [0, 0.05) is 13.1 Å². The summed E-state index contributed by atoms with van der Waals surface area (Å²) in [5.41, 5.74) is 1.02. The number of hydrogen-bond acceptors (Lipinski definition) is 3. The molecule has 0 heterocycles. The summed E-state index contributed by atoms with van der Waals surface area (Å²) in [6.45, 7) is 8.84. The van der Waals surface area contributed by atoms with E-state index in [1.54, 1.807) is 6.07 Å². The molecule has 1 rings (SSSR count). The van der Waals surface area contributed by atoms with E-state index in [0.717, 1.165) is 25.1 Å². The minimum atomic E-state index is -1.63. The molecule has 0 saturated carbocycles. The Balaban J connectivity index is 2.84. The summed E-state index contributed by atoms with van der Waals surface area (Å²) in [5, 5.41) is 18.6. The Morgan fingerprint density at radius 2 is 2.00 bits per heavy atom. The molecule has 0 aliphatic rings. The molecule has 1 unspecified atom stereocenters. The van der Waals surface area contributed by atoms with Crippen molar-refractivity contribution in [3.8, 4) is 0 Å². The Labute approximate surface area is 115 Å². The second kappa shape index (κ2) is 7.63. The molecule has 0 aromatic heterocycles. The summed E-state index contributed by atoms with van der Waals surface area (Å²) >= 11 is 0. The van der Waals surface area contributed by atoms with Crippen LogP contribution in [0.5, 0.6) is 0 Å². The molecule has 0 fully saturated rings. The van der Waals surface area contributed by atoms with Crippen LogP contribution in [0.25, 0.3) is 0 Å². The molecular formula is C14H23BFNO2. The third kappa shape index (κ3) is 4.93. The largest absolute Gasteiger partial charge is 0.488 e. The summed E-state index contributed by atoms with van der Waals surface area (Å²) in [6, 6.07) is 4.18. The Bertz CT molecular complexity index is 401. The molecule has 0 aliphatic carbocycles. The van der Waals surface area contributed by atoms with E-state index in [2.05, 4.69) is 25.7 Å². The smallest absolute Gasteiger partial charge is 0.423 e. The molecule has 19 heavy (non-hydrogen) atoms. The summed E-state index contributed by atoms with van der Waals surface area (Å²) in [5.74, 6) is 0.139. The number of hydrogen-bond donors (Lipinski definition) is 2. The molecule has 1 atom stereocenters. The average Bonchev–Trinajstić information content (AvgIpc) is 2.39. The lowest BCUT2D eigenvalue weighted by Gasteiger charge is -2.25. The van der Waals surface area contributed by atoms with Gasteiger partial charge in [0.25, 0.3) is 0 Å². The van der Waals surface area contributed by atoms with Crippen LogP contribution in [0.4, 0.5) is 4.39 Å². The first-order chi connectivity index (χ1) is 8.97. The van der Waals surface area contributed by atoms with Crippen LogP contribution in [0.2, 0.25) is 0 Å². The highest BCUT2D eigenvalue weighted by molar-refractivity contribution is 6.59. The van der Waals surface area contributed by atoms with E-state index >= 15 is 0 Å². The van der Waals surface area contributed by atoms with E-state index in [9.17, 15) is 14.4 Å². The van der Waals surface area contributed by atoms with Gasteiger partial charge < -0.3 is 10.0 Å². The van der Waals surface area contributed by atoms with Gasteiger partial charge in [-0.25, -0.2) is 4.39 Å². The van der Waals surface area contributed by atoms with E-state index in [0.29, 0.717) is 12.5 Å². The molecule has 1 aromatic carbocycles. The van der Waals surface area contributed by atoms with Crippen LogP contribution in [0, 0.1) is 11.7 Å². The molecule has 3 nitrogen and oxygen atoms in total. The Morgan fingerprint density at radius 1 is 1.32 bits per heavy atom. The molecule has 2 N–H and O–H groups in total. The molecule has 106 valence electrons. The van der Waals surface area contributed by atoms with Crippen LogP contribution in [0.1, 0.15) is 32.8 Å². The summed E-state index contributed by atoms with van der Waals surface area (Å²) < 4.78 is 13.2. The average molecular weight is 267 g/mol. The van der Waals surface area contributed by atoms with Gasteiger partial charge in [-0.3, -0.25) is 4.90 Å². The first kappa shape index (κ1) is 16.2. The molecule has 0 saturated heterocycles. The second-order valence-corrected chi connectivity index (χ2v) is 5.06. The molecule has 0 bridgehead atoms. The molecule has 0 radical (unpaired) electrons. The zero-order valence-electron chi connectivity index (χ0n) is 11.9. The maximum Gasteiger partial charge on any atom is 0.488 e. The number of halogens is 1. The van der Waals surface area contributed by atoms with Crippen molar-refractivity contribution < 1.29 is 14.4 Å². The zero-order valence-corrected chi connectivity index (χ0v) is 11.9. The molecule has 0 spiro atoms. The van der Waals surface area contributed by atoms with Crippen molar-refractivity contribution in [1.82, 2.24) is 4.90 Å². The van der Waals surface area contributed by atoms with Gasteiger partial charge in [0.05, 0.1) is 0 Å². The lowest BCUT2D eigenvalue weighted by molar-refractivity contribution is 0.238. The summed E-state index contributed by atoms with van der Waals surface area (Å²) in [7, 11) is -1.63. The van der Waals surface area contributed by atoms with Crippen molar-refractivity contribution in [3.63, 3.8) is 0 Å². The SMILES string of the molecule is CCC(C)CN(CC)Cc1ccc(F)cc1B(O)O. The van der Waals surface area contributed by atoms with Gasteiger partial charge in [-0.2, -0.15) is 0 Å². The second-order valence-electron chi connectivity index (χ2n) is 5.06. The highest BCUT2D eigenvalue weighted by Gasteiger charge is 2.18. The fourth-order valence-corrected chi connectivity index (χ4v) is 2.07. The van der Waals surface area contributed by atoms with Crippen molar-refractivity contribution in [2.75, 3.05) is 13.1 Å². The maximum absolute atomic E-state index is 13.2. The Morgan fingerprint density at radius 3 is 2.53 bits per heavy atom. The predicted molar refractivity (Wildman–Crippen MR) is 76.6 cm³/mol. The van der Waals surface area contributed by atoms with Crippen molar-refractivity contribution >= 4 is 12.6 Å². The van der Waals surface area contributed by atoms with E-state index in [-0.39, 0.29) is 5.46 Å². The maximum atomic E-state index is 13.2. The first-order valence-electron chi connectivity index (χ1n) is 6.84. The Kier molecular flexibility index (Phi) is 6.48. The topological polar surface area (TPSA) is 43.7 Å². The third-order valence-corrected chi connectivity index (χ3v) is 3.49. The van der Waals surface area contributed by atoms with Gasteiger partial charge in [-0.05, 0) is 35.6 Å². The van der Waals surface area contributed by atoms with Crippen LogP contribution in [0.3, 0.4) is 0 Å². The van der Waals surface area contributed by atoms with E-state index in [1.807, 2.05) is 0 Å². The van der Waals surface area contributed by atoms with Crippen LogP contribution in [0.15, 0.2) is 18.2 Å². The third-order valence-electron chi connectivity index (χ3n) is 3.49. The van der Waals surface area contributed by atoms with Gasteiger partial charge >= 0.3 is 7.12 Å². The van der Waals surface area contributed by atoms with Crippen molar-refractivity contribution in [1.29, 1.82) is 0 Å². The van der Waals surface area contributed by atoms with Gasteiger partial charge in [0.1, 0.15) is 5.82 Å². The van der Waals surface area contributed by atoms with Crippen molar-refractivity contribution in [2.24, 2.45) is 5.92 Å². The standard InChI is InChI=1S/C14H23BFNO2/c1-4-11(3)9-17(5-2)10-12-6-7-13(16)8-14(12)15(18)19/h6-8,11,18-19H,4-5,9-10H2,1-3H3. The molecule has 0 aliphatic heterocycles. The van der Waals surface area contributed by atoms with E-state index in [4.69, 9.17) is 0 Å². The highest BCUT2D eigenvalue weighted by Crippen LogP contribution is 2.09. The number of benzene rings is 1. The lowest BCUT2D eigenvalue weighted by Crippen LogP contribution is -2.37. The summed E-state index contributed by atoms with van der Waals surface area (Å²) in [4.78, 5) is 2.23. The Hall–Kier alpha value is -0.905.